The van der Waals surface area contributed by atoms with Crippen LogP contribution >= 0.6 is 25.4 Å². The molecule has 1 rings (SSSR count). The summed E-state index contributed by atoms with van der Waals surface area (Å²) in [4.78, 5) is 2.58. The first-order valence-corrected chi connectivity index (χ1v) is 10.7. The second kappa shape index (κ2) is 10.2. The molecule has 19 heavy (non-hydrogen) atoms. The molecule has 0 aromatic carbocycles. The Hall–Kier alpha value is 0.410. The summed E-state index contributed by atoms with van der Waals surface area (Å²) in [5.41, 5.74) is 8.33. The van der Waals surface area contributed by atoms with Gasteiger partial charge in [-0.3, -0.25) is 0 Å². The van der Waals surface area contributed by atoms with Crippen molar-refractivity contribution in [1.82, 2.24) is 0 Å². The lowest BCUT2D eigenvalue weighted by Gasteiger charge is -2.21. The fourth-order valence-electron chi connectivity index (χ4n) is 1.87. The zero-order valence-corrected chi connectivity index (χ0v) is 13.8. The number of ether oxygens (including phenoxy) is 2. The molecule has 1 heterocycles. The van der Waals surface area contributed by atoms with Gasteiger partial charge in [-0.25, -0.2) is 4.39 Å². The Labute approximate surface area is 117 Å². The van der Waals surface area contributed by atoms with Gasteiger partial charge in [0.25, 0.3) is 0 Å². The Morgan fingerprint density at radius 2 is 2.47 bits per heavy atom. The van der Waals surface area contributed by atoms with Crippen molar-refractivity contribution in [1.29, 1.82) is 0 Å². The van der Waals surface area contributed by atoms with Gasteiger partial charge >= 0.3 is 0 Å². The molecular weight excluding hydrogens is 310 g/mol. The van der Waals surface area contributed by atoms with Crippen LogP contribution < -0.4 is 0 Å². The first kappa shape index (κ1) is 17.5. The van der Waals surface area contributed by atoms with Crippen LogP contribution in [0.1, 0.15) is 19.8 Å². The second-order valence-electron chi connectivity index (χ2n) is 3.99. The smallest absolute Gasteiger partial charge is 0.165 e. The van der Waals surface area contributed by atoms with Gasteiger partial charge in [-0.15, -0.1) is 8.93 Å². The predicted octanol–water partition coefficient (Wildman–Crippen LogP) is 3.54. The standard InChI is InChI=1S/C9H19FN3O3P3/c1-2-6-3-7(16-9(4-10)12-13-11)8(15-6)5-14-18-19-17/h6-9,18-19H,2-5,17H2,1H3/t6-,7?,8+,9?/m0/s1. The van der Waals surface area contributed by atoms with Crippen LogP contribution in [0.25, 0.3) is 10.4 Å². The molecule has 0 radical (unpaired) electrons. The quantitative estimate of drug-likeness (QED) is 0.213. The summed E-state index contributed by atoms with van der Waals surface area (Å²) >= 11 is 0. The first-order chi connectivity index (χ1) is 9.24. The van der Waals surface area contributed by atoms with E-state index in [1.54, 1.807) is 0 Å². The number of nitrogens with zero attached hydrogens (tertiary/aromatic N) is 3. The van der Waals surface area contributed by atoms with Crippen molar-refractivity contribution in [2.45, 2.75) is 44.3 Å². The van der Waals surface area contributed by atoms with E-state index in [0.29, 0.717) is 29.5 Å². The minimum absolute atomic E-state index is 0.0895. The summed E-state index contributed by atoms with van der Waals surface area (Å²) in [7, 11) is 3.70. The molecule has 0 saturated carbocycles. The molecule has 0 spiro atoms. The molecule has 10 heteroatoms. The zero-order valence-electron chi connectivity index (χ0n) is 10.7. The molecule has 0 aliphatic carbocycles. The van der Waals surface area contributed by atoms with E-state index in [-0.39, 0.29) is 18.3 Å². The van der Waals surface area contributed by atoms with Crippen molar-refractivity contribution in [2.75, 3.05) is 13.3 Å². The molecule has 5 unspecified atom stereocenters. The van der Waals surface area contributed by atoms with E-state index < -0.39 is 12.9 Å². The van der Waals surface area contributed by atoms with Gasteiger partial charge in [0, 0.05) is 19.8 Å². The van der Waals surface area contributed by atoms with Crippen LogP contribution in [0.3, 0.4) is 0 Å². The largest absolute Gasteiger partial charge is 0.370 e. The topological polar surface area (TPSA) is 76.5 Å². The molecule has 7 atom stereocenters. The monoisotopic (exact) mass is 329 g/mol. The highest BCUT2D eigenvalue weighted by Gasteiger charge is 2.36. The van der Waals surface area contributed by atoms with Crippen molar-refractivity contribution in [3.8, 4) is 0 Å². The van der Waals surface area contributed by atoms with E-state index in [1.807, 2.05) is 6.92 Å². The summed E-state index contributed by atoms with van der Waals surface area (Å²) in [6.07, 6.45) is 0.0464. The van der Waals surface area contributed by atoms with Crippen LogP contribution in [0.5, 0.6) is 0 Å². The molecule has 0 aromatic heterocycles. The van der Waals surface area contributed by atoms with E-state index >= 15 is 0 Å². The minimum Gasteiger partial charge on any atom is -0.370 e. The van der Waals surface area contributed by atoms with Gasteiger partial charge in [0.2, 0.25) is 0 Å². The van der Waals surface area contributed by atoms with Crippen LogP contribution in [0.2, 0.25) is 0 Å². The van der Waals surface area contributed by atoms with Crippen LogP contribution in [-0.2, 0) is 14.0 Å². The second-order valence-corrected chi connectivity index (χ2v) is 8.84. The van der Waals surface area contributed by atoms with Gasteiger partial charge in [-0.05, 0) is 12.0 Å². The fraction of sp³-hybridized carbons (Fsp3) is 1.00. The van der Waals surface area contributed by atoms with Crippen molar-refractivity contribution in [2.24, 2.45) is 5.11 Å². The van der Waals surface area contributed by atoms with E-state index in [2.05, 4.69) is 19.0 Å². The van der Waals surface area contributed by atoms with E-state index in [4.69, 9.17) is 19.5 Å². The van der Waals surface area contributed by atoms with Crippen LogP contribution in [0.4, 0.5) is 4.39 Å². The van der Waals surface area contributed by atoms with Gasteiger partial charge in [-0.1, -0.05) is 20.0 Å². The molecule has 1 aliphatic heterocycles. The molecule has 0 aromatic rings. The van der Waals surface area contributed by atoms with Crippen molar-refractivity contribution in [3.05, 3.63) is 10.4 Å². The summed E-state index contributed by atoms with van der Waals surface area (Å²) < 4.78 is 29.4. The molecule has 0 amide bonds. The van der Waals surface area contributed by atoms with Gasteiger partial charge in [0.05, 0.1) is 18.8 Å². The summed E-state index contributed by atoms with van der Waals surface area (Å²) in [6, 6.07) is 0. The van der Waals surface area contributed by atoms with Gasteiger partial charge < -0.3 is 14.0 Å². The number of hydrogen-bond donors (Lipinski definition) is 0. The first-order valence-electron chi connectivity index (χ1n) is 5.98. The minimum atomic E-state index is -1.08. The SMILES string of the molecule is CC[C@H]1CC(OC(CF)N=[N+]=[N-])[C@@H](COPPP)O1. The maximum atomic E-state index is 12.6. The normalized spacial score (nSPS) is 29.3. The van der Waals surface area contributed by atoms with Gasteiger partial charge in [-0.2, -0.15) is 0 Å². The highest BCUT2D eigenvalue weighted by molar-refractivity contribution is 8.37. The summed E-state index contributed by atoms with van der Waals surface area (Å²) in [5.74, 6) is 0. The van der Waals surface area contributed by atoms with E-state index in [0.717, 1.165) is 6.42 Å². The highest BCUT2D eigenvalue weighted by atomic mass is 32.4. The lowest BCUT2D eigenvalue weighted by atomic mass is 10.1. The molecular formula is C9H19FN3O3P3. The van der Waals surface area contributed by atoms with E-state index in [1.165, 1.54) is 0 Å². The van der Waals surface area contributed by atoms with Crippen LogP contribution in [-0.4, -0.2) is 37.8 Å². The van der Waals surface area contributed by atoms with E-state index in [9.17, 15) is 4.39 Å². The summed E-state index contributed by atoms with van der Waals surface area (Å²) in [5, 5.41) is 3.27. The van der Waals surface area contributed by atoms with Crippen molar-refractivity contribution < 1.29 is 18.4 Å². The Bertz CT molecular complexity index is 310. The third kappa shape index (κ3) is 6.14. The molecule has 110 valence electrons. The fourth-order valence-corrected chi connectivity index (χ4v) is 3.45. The lowest BCUT2D eigenvalue weighted by Crippen LogP contribution is -2.32. The number of halogens is 1. The van der Waals surface area contributed by atoms with Crippen LogP contribution in [0, 0.1) is 0 Å². The molecule has 1 aliphatic rings. The average molecular weight is 329 g/mol. The lowest BCUT2D eigenvalue weighted by molar-refractivity contribution is -0.0717. The van der Waals surface area contributed by atoms with Crippen molar-refractivity contribution in [3.63, 3.8) is 0 Å². The molecule has 0 N–H and O–H groups in total. The van der Waals surface area contributed by atoms with Crippen LogP contribution in [0.15, 0.2) is 5.11 Å². The maximum Gasteiger partial charge on any atom is 0.165 e. The highest BCUT2D eigenvalue weighted by Crippen LogP contribution is 2.44. The average Bonchev–Trinajstić information content (AvgIpc) is 2.81. The number of azide groups is 1. The van der Waals surface area contributed by atoms with Crippen molar-refractivity contribution >= 4 is 25.4 Å². The summed E-state index contributed by atoms with van der Waals surface area (Å²) in [6.45, 7) is 1.62. The van der Waals surface area contributed by atoms with Gasteiger partial charge in [0.1, 0.15) is 12.8 Å². The molecule has 1 saturated heterocycles. The Morgan fingerprint density at radius 1 is 1.68 bits per heavy atom. The molecule has 0 bridgehead atoms. The Kier molecular flexibility index (Phi) is 9.36. The molecule has 1 fully saturated rings. The number of rotatable bonds is 9. The Morgan fingerprint density at radius 3 is 3.05 bits per heavy atom. The van der Waals surface area contributed by atoms with Gasteiger partial charge in [0.15, 0.2) is 6.23 Å². The molecule has 6 nitrogen and oxygen atoms in total. The predicted molar refractivity (Wildman–Crippen MR) is 79.6 cm³/mol. The maximum absolute atomic E-state index is 12.6. The third-order valence-electron chi connectivity index (χ3n) is 2.76. The zero-order chi connectivity index (χ0) is 14.1. The number of alkyl halides is 1. The Balaban J connectivity index is 2.52. The third-order valence-corrected chi connectivity index (χ3v) is 5.03. The number of hydrogen-bond acceptors (Lipinski definition) is 4.